The third-order valence-electron chi connectivity index (χ3n) is 3.01. The molecular formula is C13H17ClF2N2OS. The average molecular weight is 323 g/mol. The van der Waals surface area contributed by atoms with Crippen LogP contribution in [0.1, 0.15) is 12.8 Å². The fourth-order valence-electron chi connectivity index (χ4n) is 2.04. The van der Waals surface area contributed by atoms with Crippen LogP contribution in [0, 0.1) is 5.92 Å². The first-order valence-electron chi connectivity index (χ1n) is 6.21. The maximum Gasteiger partial charge on any atom is 0.288 e. The van der Waals surface area contributed by atoms with E-state index >= 15 is 0 Å². The number of carbonyl (C=O) groups is 1. The number of rotatable bonds is 4. The monoisotopic (exact) mass is 322 g/mol. The zero-order valence-electron chi connectivity index (χ0n) is 10.8. The molecule has 1 unspecified atom stereocenters. The van der Waals surface area contributed by atoms with Crippen LogP contribution in [0.25, 0.3) is 0 Å². The van der Waals surface area contributed by atoms with Crippen molar-refractivity contribution in [2.75, 3.05) is 18.4 Å². The topological polar surface area (TPSA) is 41.1 Å². The molecule has 1 aliphatic rings. The van der Waals surface area contributed by atoms with Gasteiger partial charge < -0.3 is 10.6 Å². The second kappa shape index (κ2) is 8.44. The fraction of sp³-hybridized carbons (Fsp3) is 0.462. The van der Waals surface area contributed by atoms with Crippen molar-refractivity contribution in [1.29, 1.82) is 0 Å². The molecule has 1 aromatic carbocycles. The van der Waals surface area contributed by atoms with Crippen molar-refractivity contribution in [3.63, 3.8) is 0 Å². The quantitative estimate of drug-likeness (QED) is 0.835. The maximum absolute atomic E-state index is 12.2. The summed E-state index contributed by atoms with van der Waals surface area (Å²) in [6.45, 7) is 1.66. The summed E-state index contributed by atoms with van der Waals surface area (Å²) >= 11 is 0.498. The van der Waals surface area contributed by atoms with Crippen LogP contribution in [0.3, 0.4) is 0 Å². The number of anilines is 1. The molecule has 1 fully saturated rings. The van der Waals surface area contributed by atoms with Gasteiger partial charge in [-0.1, -0.05) is 11.8 Å². The van der Waals surface area contributed by atoms with Gasteiger partial charge >= 0.3 is 0 Å². The minimum absolute atomic E-state index is 0. The fourth-order valence-corrected chi connectivity index (χ4v) is 2.54. The third kappa shape index (κ3) is 5.26. The van der Waals surface area contributed by atoms with Gasteiger partial charge in [0.05, 0.1) is 5.92 Å². The molecule has 0 bridgehead atoms. The highest BCUT2D eigenvalue weighted by Gasteiger charge is 2.20. The van der Waals surface area contributed by atoms with E-state index in [-0.39, 0.29) is 24.2 Å². The summed E-state index contributed by atoms with van der Waals surface area (Å²) in [5.74, 6) is -2.45. The van der Waals surface area contributed by atoms with Gasteiger partial charge in [0.25, 0.3) is 5.76 Å². The van der Waals surface area contributed by atoms with Crippen LogP contribution in [-0.2, 0) is 4.79 Å². The van der Waals surface area contributed by atoms with Crippen LogP contribution in [0.15, 0.2) is 29.2 Å². The Labute approximate surface area is 127 Å². The minimum Gasteiger partial charge on any atom is -0.326 e. The van der Waals surface area contributed by atoms with Crippen LogP contribution in [0.5, 0.6) is 0 Å². The lowest BCUT2D eigenvalue weighted by atomic mass is 9.99. The van der Waals surface area contributed by atoms with E-state index in [1.807, 2.05) is 0 Å². The normalized spacial score (nSPS) is 18.4. The van der Waals surface area contributed by atoms with E-state index in [2.05, 4.69) is 10.6 Å². The van der Waals surface area contributed by atoms with E-state index in [1.165, 1.54) is 0 Å². The average Bonchev–Trinajstić information content (AvgIpc) is 2.41. The van der Waals surface area contributed by atoms with E-state index in [1.54, 1.807) is 24.3 Å². The summed E-state index contributed by atoms with van der Waals surface area (Å²) in [6.07, 6.45) is 1.89. The van der Waals surface area contributed by atoms with Gasteiger partial charge in [-0.05, 0) is 43.7 Å². The second-order valence-corrected chi connectivity index (χ2v) is 5.50. The van der Waals surface area contributed by atoms with E-state index in [9.17, 15) is 13.6 Å². The number of benzene rings is 1. The third-order valence-corrected chi connectivity index (χ3v) is 3.74. The van der Waals surface area contributed by atoms with E-state index in [0.717, 1.165) is 19.4 Å². The predicted molar refractivity (Wildman–Crippen MR) is 79.8 cm³/mol. The lowest BCUT2D eigenvalue weighted by Gasteiger charge is -2.21. The molecule has 2 rings (SSSR count). The minimum atomic E-state index is -2.42. The van der Waals surface area contributed by atoms with Crippen molar-refractivity contribution >= 4 is 35.8 Å². The molecule has 1 amide bonds. The Bertz CT molecular complexity index is 425. The SMILES string of the molecule is Cl.O=C(Nc1ccc(SC(F)F)cc1)C1CCCNC1. The molecule has 0 aliphatic carbocycles. The summed E-state index contributed by atoms with van der Waals surface area (Å²) in [6, 6.07) is 6.48. The van der Waals surface area contributed by atoms with Crippen molar-refractivity contribution in [2.24, 2.45) is 5.92 Å². The molecule has 1 saturated heterocycles. The molecule has 2 N–H and O–H groups in total. The number of hydrogen-bond acceptors (Lipinski definition) is 3. The van der Waals surface area contributed by atoms with E-state index in [4.69, 9.17) is 0 Å². The first-order chi connectivity index (χ1) is 9.15. The number of piperidine rings is 1. The van der Waals surface area contributed by atoms with Gasteiger partial charge in [-0.15, -0.1) is 12.4 Å². The van der Waals surface area contributed by atoms with Gasteiger partial charge in [0.2, 0.25) is 5.91 Å². The molecule has 1 heterocycles. The number of amides is 1. The molecule has 20 heavy (non-hydrogen) atoms. The Kier molecular flexibility index (Phi) is 7.26. The summed E-state index contributed by atoms with van der Waals surface area (Å²) < 4.78 is 24.3. The van der Waals surface area contributed by atoms with Gasteiger partial charge in [-0.3, -0.25) is 4.79 Å². The van der Waals surface area contributed by atoms with Crippen LogP contribution in [0.4, 0.5) is 14.5 Å². The second-order valence-electron chi connectivity index (χ2n) is 4.44. The molecule has 112 valence electrons. The summed E-state index contributed by atoms with van der Waals surface area (Å²) in [4.78, 5) is 12.4. The van der Waals surface area contributed by atoms with Crippen LogP contribution >= 0.6 is 24.2 Å². The van der Waals surface area contributed by atoms with Crippen LogP contribution in [0.2, 0.25) is 0 Å². The van der Waals surface area contributed by atoms with E-state index in [0.29, 0.717) is 28.9 Å². The highest BCUT2D eigenvalue weighted by atomic mass is 35.5. The first-order valence-corrected chi connectivity index (χ1v) is 7.09. The lowest BCUT2D eigenvalue weighted by molar-refractivity contribution is -0.120. The largest absolute Gasteiger partial charge is 0.326 e. The van der Waals surface area contributed by atoms with Crippen molar-refractivity contribution in [3.05, 3.63) is 24.3 Å². The zero-order valence-corrected chi connectivity index (χ0v) is 12.4. The molecule has 1 aliphatic heterocycles. The highest BCUT2D eigenvalue weighted by Crippen LogP contribution is 2.26. The molecular weight excluding hydrogens is 306 g/mol. The van der Waals surface area contributed by atoms with Crippen LogP contribution in [-0.4, -0.2) is 24.8 Å². The Morgan fingerprint density at radius 1 is 1.35 bits per heavy atom. The number of thioether (sulfide) groups is 1. The molecule has 0 radical (unpaired) electrons. The number of hydrogen-bond donors (Lipinski definition) is 2. The van der Waals surface area contributed by atoms with Crippen molar-refractivity contribution < 1.29 is 13.6 Å². The van der Waals surface area contributed by atoms with E-state index < -0.39 is 5.76 Å². The highest BCUT2D eigenvalue weighted by molar-refractivity contribution is 7.99. The van der Waals surface area contributed by atoms with Gasteiger partial charge in [-0.25, -0.2) is 0 Å². The molecule has 1 aromatic rings. The molecule has 0 aromatic heterocycles. The first kappa shape index (κ1) is 17.2. The van der Waals surface area contributed by atoms with Gasteiger partial charge in [0.15, 0.2) is 0 Å². The number of carbonyl (C=O) groups excluding carboxylic acids is 1. The summed E-state index contributed by atoms with van der Waals surface area (Å²) in [5.41, 5.74) is 0.647. The summed E-state index contributed by atoms with van der Waals surface area (Å²) in [5, 5.41) is 6.00. The standard InChI is InChI=1S/C13H16F2N2OS.ClH/c14-13(15)19-11-5-3-10(4-6-11)17-12(18)9-2-1-7-16-8-9;/h3-6,9,13,16H,1-2,7-8H2,(H,17,18);1H. The summed E-state index contributed by atoms with van der Waals surface area (Å²) in [7, 11) is 0. The van der Waals surface area contributed by atoms with Crippen molar-refractivity contribution in [3.8, 4) is 0 Å². The Hall–Kier alpha value is -0.850. The Morgan fingerprint density at radius 3 is 2.60 bits per heavy atom. The van der Waals surface area contributed by atoms with Gasteiger partial charge in [0, 0.05) is 17.1 Å². The van der Waals surface area contributed by atoms with Crippen molar-refractivity contribution in [2.45, 2.75) is 23.5 Å². The van der Waals surface area contributed by atoms with Gasteiger partial charge in [0.1, 0.15) is 0 Å². The predicted octanol–water partition coefficient (Wildman–Crippen LogP) is 3.36. The smallest absolute Gasteiger partial charge is 0.288 e. The maximum atomic E-state index is 12.2. The number of alkyl halides is 2. The molecule has 0 saturated carbocycles. The molecule has 1 atom stereocenters. The molecule has 3 nitrogen and oxygen atoms in total. The van der Waals surface area contributed by atoms with Gasteiger partial charge in [-0.2, -0.15) is 8.78 Å². The van der Waals surface area contributed by atoms with Crippen LogP contribution < -0.4 is 10.6 Å². The zero-order chi connectivity index (χ0) is 13.7. The van der Waals surface area contributed by atoms with Crippen molar-refractivity contribution in [1.82, 2.24) is 5.32 Å². The number of halogens is 3. The molecule has 0 spiro atoms. The Balaban J connectivity index is 0.00000200. The lowest BCUT2D eigenvalue weighted by Crippen LogP contribution is -2.37. The molecule has 7 heteroatoms. The number of nitrogens with one attached hydrogen (secondary N) is 2. The Morgan fingerprint density at radius 2 is 2.05 bits per heavy atom.